The third kappa shape index (κ3) is 1.48. The van der Waals surface area contributed by atoms with Crippen LogP contribution < -0.4 is 0 Å². The van der Waals surface area contributed by atoms with E-state index < -0.39 is 0 Å². The zero-order valence-electron chi connectivity index (χ0n) is 15.4. The van der Waals surface area contributed by atoms with Crippen LogP contribution in [0.15, 0.2) is 23.3 Å². The Morgan fingerprint density at radius 3 is 2.72 bits per heavy atom. The highest BCUT2D eigenvalue weighted by molar-refractivity contribution is 5.93. The molecule has 25 heavy (non-hydrogen) atoms. The van der Waals surface area contributed by atoms with Crippen molar-refractivity contribution in [3.63, 3.8) is 0 Å². The van der Waals surface area contributed by atoms with Crippen LogP contribution in [-0.2, 0) is 9.59 Å². The third-order valence-electron chi connectivity index (χ3n) is 9.68. The van der Waals surface area contributed by atoms with Gasteiger partial charge in [-0.1, -0.05) is 31.1 Å². The van der Waals surface area contributed by atoms with E-state index in [0.29, 0.717) is 29.3 Å². The summed E-state index contributed by atoms with van der Waals surface area (Å²) in [6.07, 6.45) is 12.8. The van der Waals surface area contributed by atoms with Gasteiger partial charge in [-0.25, -0.2) is 0 Å². The van der Waals surface area contributed by atoms with E-state index in [-0.39, 0.29) is 16.2 Å². The lowest BCUT2D eigenvalue weighted by atomic mass is 9.46. The Bertz CT molecular complexity index is 788. The monoisotopic (exact) mass is 336 g/mol. The molecule has 2 nitrogen and oxygen atoms in total. The first-order valence-corrected chi connectivity index (χ1v) is 10.4. The van der Waals surface area contributed by atoms with Crippen molar-refractivity contribution < 1.29 is 9.59 Å². The standard InChI is InChI=1S/C23H28O2/c1-21-7-4-17-20-15-12-14(15)18-11-13(24)3-9-22(18,2)16(20)5-10-23(17,21)19(25)6-8-21/h4,11,14-16,20H,3,5-10,12H2,1-2H3/t14?,15?,16?,20?,21-,22?,23?/m0/s1. The summed E-state index contributed by atoms with van der Waals surface area (Å²) >= 11 is 0. The van der Waals surface area contributed by atoms with Crippen LogP contribution in [-0.4, -0.2) is 11.6 Å². The quantitative estimate of drug-likeness (QED) is 0.604. The van der Waals surface area contributed by atoms with Crippen LogP contribution in [0.4, 0.5) is 0 Å². The summed E-state index contributed by atoms with van der Waals surface area (Å²) in [4.78, 5) is 25.2. The van der Waals surface area contributed by atoms with Crippen molar-refractivity contribution in [2.24, 2.45) is 39.9 Å². The fourth-order valence-corrected chi connectivity index (χ4v) is 8.30. The molecule has 6 unspecified atom stereocenters. The minimum Gasteiger partial charge on any atom is -0.299 e. The Labute approximate surface area is 150 Å². The molecule has 7 atom stereocenters. The molecular formula is C23H28O2. The molecule has 132 valence electrons. The molecule has 2 heteroatoms. The lowest BCUT2D eigenvalue weighted by Crippen LogP contribution is -2.52. The second kappa shape index (κ2) is 4.21. The van der Waals surface area contributed by atoms with Gasteiger partial charge in [0.25, 0.3) is 0 Å². The van der Waals surface area contributed by atoms with Crippen LogP contribution in [0.25, 0.3) is 0 Å². The molecule has 0 heterocycles. The minimum absolute atomic E-state index is 0.108. The predicted octanol–water partition coefficient (Wildman–Crippen LogP) is 4.64. The third-order valence-corrected chi connectivity index (χ3v) is 9.68. The van der Waals surface area contributed by atoms with E-state index in [0.717, 1.165) is 44.4 Å². The maximum absolute atomic E-state index is 13.1. The molecule has 1 spiro atoms. The topological polar surface area (TPSA) is 34.1 Å². The van der Waals surface area contributed by atoms with Gasteiger partial charge in [0.2, 0.25) is 0 Å². The molecule has 0 aromatic carbocycles. The summed E-state index contributed by atoms with van der Waals surface area (Å²) in [5.41, 5.74) is 3.36. The molecule has 0 radical (unpaired) electrons. The molecule has 0 aromatic rings. The highest BCUT2D eigenvalue weighted by atomic mass is 16.1. The van der Waals surface area contributed by atoms with Gasteiger partial charge < -0.3 is 0 Å². The highest BCUT2D eigenvalue weighted by Crippen LogP contribution is 2.76. The average molecular weight is 336 g/mol. The molecule has 6 aliphatic carbocycles. The average Bonchev–Trinajstić information content (AvgIpc) is 3.27. The van der Waals surface area contributed by atoms with E-state index in [1.54, 1.807) is 5.57 Å². The van der Waals surface area contributed by atoms with E-state index in [1.165, 1.54) is 18.4 Å². The van der Waals surface area contributed by atoms with Gasteiger partial charge >= 0.3 is 0 Å². The molecule has 0 saturated heterocycles. The molecule has 0 N–H and O–H groups in total. The highest BCUT2D eigenvalue weighted by Gasteiger charge is 2.71. The first-order valence-electron chi connectivity index (χ1n) is 10.4. The van der Waals surface area contributed by atoms with Crippen molar-refractivity contribution in [2.45, 2.75) is 65.2 Å². The number of ketones is 2. The zero-order chi connectivity index (χ0) is 17.2. The van der Waals surface area contributed by atoms with E-state index in [2.05, 4.69) is 19.9 Å². The van der Waals surface area contributed by atoms with E-state index in [9.17, 15) is 9.59 Å². The zero-order valence-corrected chi connectivity index (χ0v) is 15.4. The summed E-state index contributed by atoms with van der Waals surface area (Å²) in [5, 5.41) is 0. The van der Waals surface area contributed by atoms with E-state index in [1.807, 2.05) is 6.08 Å². The van der Waals surface area contributed by atoms with Crippen LogP contribution in [0, 0.1) is 39.9 Å². The summed E-state index contributed by atoms with van der Waals surface area (Å²) in [6.45, 7) is 4.84. The van der Waals surface area contributed by atoms with E-state index >= 15 is 0 Å². The van der Waals surface area contributed by atoms with Gasteiger partial charge in [-0.15, -0.1) is 0 Å². The lowest BCUT2D eigenvalue weighted by molar-refractivity contribution is -0.130. The Balaban J connectivity index is 1.49. The first kappa shape index (κ1) is 14.9. The molecule has 0 aliphatic heterocycles. The Morgan fingerprint density at radius 1 is 1.04 bits per heavy atom. The van der Waals surface area contributed by atoms with Crippen molar-refractivity contribution in [3.05, 3.63) is 23.3 Å². The molecule has 0 bridgehead atoms. The number of rotatable bonds is 0. The molecule has 6 rings (SSSR count). The second-order valence-electron chi connectivity index (χ2n) is 10.4. The van der Waals surface area contributed by atoms with Crippen molar-refractivity contribution in [1.82, 2.24) is 0 Å². The van der Waals surface area contributed by atoms with Crippen molar-refractivity contribution in [3.8, 4) is 0 Å². The van der Waals surface area contributed by atoms with Gasteiger partial charge in [-0.2, -0.15) is 0 Å². The first-order chi connectivity index (χ1) is 11.9. The van der Waals surface area contributed by atoms with Gasteiger partial charge in [-0.3, -0.25) is 9.59 Å². The number of allylic oxidation sites excluding steroid dienone is 4. The van der Waals surface area contributed by atoms with Crippen LogP contribution in [0.1, 0.15) is 65.2 Å². The molecule has 0 amide bonds. The Morgan fingerprint density at radius 2 is 1.88 bits per heavy atom. The molecule has 6 aliphatic rings. The van der Waals surface area contributed by atoms with Gasteiger partial charge in [-0.05, 0) is 79.1 Å². The van der Waals surface area contributed by atoms with Gasteiger partial charge in [0.15, 0.2) is 5.78 Å². The SMILES string of the molecule is CC12CCC(=O)C=C1C1CC1C1C3=CC[C@@]4(C)CCC(=O)C34CCC12. The fourth-order valence-electron chi connectivity index (χ4n) is 8.30. The number of carbonyl (C=O) groups excluding carboxylic acids is 2. The Hall–Kier alpha value is -1.18. The van der Waals surface area contributed by atoms with Crippen molar-refractivity contribution in [1.29, 1.82) is 0 Å². The number of carbonyl (C=O) groups is 2. The summed E-state index contributed by atoms with van der Waals surface area (Å²) in [7, 11) is 0. The number of hydrogen-bond donors (Lipinski definition) is 0. The number of fused-ring (bicyclic) bond motifs is 7. The van der Waals surface area contributed by atoms with Gasteiger partial charge in [0.1, 0.15) is 5.78 Å². The summed E-state index contributed by atoms with van der Waals surface area (Å²) in [6, 6.07) is 0. The second-order valence-corrected chi connectivity index (χ2v) is 10.4. The maximum atomic E-state index is 13.1. The van der Waals surface area contributed by atoms with Crippen LogP contribution >= 0.6 is 0 Å². The lowest BCUT2D eigenvalue weighted by Gasteiger charge is -2.56. The van der Waals surface area contributed by atoms with Crippen molar-refractivity contribution in [2.75, 3.05) is 0 Å². The largest absolute Gasteiger partial charge is 0.299 e. The van der Waals surface area contributed by atoms with Gasteiger partial charge in [0, 0.05) is 12.8 Å². The summed E-state index contributed by atoms with van der Waals surface area (Å²) in [5.74, 6) is 3.53. The Kier molecular flexibility index (Phi) is 2.51. The van der Waals surface area contributed by atoms with Gasteiger partial charge in [0.05, 0.1) is 5.41 Å². The number of Topliss-reactive ketones (excluding diaryl/α,β-unsaturated/α-hetero) is 1. The number of hydrogen-bond acceptors (Lipinski definition) is 2. The minimum atomic E-state index is -0.108. The molecule has 4 fully saturated rings. The van der Waals surface area contributed by atoms with Crippen LogP contribution in [0.2, 0.25) is 0 Å². The maximum Gasteiger partial charge on any atom is 0.155 e. The molecule has 4 saturated carbocycles. The summed E-state index contributed by atoms with van der Waals surface area (Å²) < 4.78 is 0. The smallest absolute Gasteiger partial charge is 0.155 e. The molecular weight excluding hydrogens is 308 g/mol. The normalized spacial score (nSPS) is 55.4. The van der Waals surface area contributed by atoms with E-state index in [4.69, 9.17) is 0 Å². The van der Waals surface area contributed by atoms with Crippen molar-refractivity contribution >= 4 is 11.6 Å². The predicted molar refractivity (Wildman–Crippen MR) is 95.7 cm³/mol. The fraction of sp³-hybridized carbons (Fsp3) is 0.739. The van der Waals surface area contributed by atoms with Crippen LogP contribution in [0.5, 0.6) is 0 Å². The molecule has 0 aromatic heterocycles. The van der Waals surface area contributed by atoms with Crippen LogP contribution in [0.3, 0.4) is 0 Å².